The molecule has 0 spiro atoms. The van der Waals surface area contributed by atoms with Crippen molar-refractivity contribution in [1.82, 2.24) is 5.32 Å². The number of aliphatic imine (C=N–C) groups is 1. The van der Waals surface area contributed by atoms with Gasteiger partial charge in [-0.25, -0.2) is 14.7 Å². The van der Waals surface area contributed by atoms with E-state index in [9.17, 15) is 4.39 Å². The van der Waals surface area contributed by atoms with Gasteiger partial charge in [-0.1, -0.05) is 0 Å². The minimum absolute atomic E-state index is 0.238. The minimum Gasteiger partial charge on any atom is -0.243 e. The van der Waals surface area contributed by atoms with E-state index >= 15 is 0 Å². The van der Waals surface area contributed by atoms with E-state index < -0.39 is 0 Å². The number of halogens is 1. The maximum atomic E-state index is 12.5. The molecule has 0 unspecified atom stereocenters. The van der Waals surface area contributed by atoms with E-state index in [2.05, 4.69) is 10.3 Å². The Morgan fingerprint density at radius 3 is 2.42 bits per heavy atom. The average molecular weight is 161 g/mol. The maximum absolute atomic E-state index is 12.5. The molecule has 0 aliphatic carbocycles. The monoisotopic (exact) mass is 161 g/mol. The van der Waals surface area contributed by atoms with Gasteiger partial charge in [-0.05, 0) is 24.3 Å². The van der Waals surface area contributed by atoms with Crippen LogP contribution >= 0.6 is 0 Å². The molecule has 0 atom stereocenters. The van der Waals surface area contributed by atoms with Gasteiger partial charge in [0.2, 0.25) is 0 Å². The van der Waals surface area contributed by atoms with Crippen LogP contribution in [0.1, 0.15) is 5.56 Å². The molecule has 2 nitrogen and oxygen atoms in total. The van der Waals surface area contributed by atoms with Crippen LogP contribution in [0, 0.1) is 5.82 Å². The molecule has 0 fully saturated rings. The SMILES string of the molecule is Fc1ccc(C2=C[N]C=N2)cc1. The minimum atomic E-state index is -0.238. The summed E-state index contributed by atoms with van der Waals surface area (Å²) < 4.78 is 12.5. The maximum Gasteiger partial charge on any atom is 0.123 e. The number of benzene rings is 1. The molecule has 1 aromatic carbocycles. The van der Waals surface area contributed by atoms with Gasteiger partial charge in [0.1, 0.15) is 12.2 Å². The third kappa shape index (κ3) is 1.21. The summed E-state index contributed by atoms with van der Waals surface area (Å²) in [5, 5.41) is 3.82. The van der Waals surface area contributed by atoms with Gasteiger partial charge < -0.3 is 0 Å². The first-order valence-electron chi connectivity index (χ1n) is 3.55. The van der Waals surface area contributed by atoms with Crippen LogP contribution in [0.2, 0.25) is 0 Å². The van der Waals surface area contributed by atoms with Crippen LogP contribution in [-0.4, -0.2) is 6.34 Å². The molecule has 59 valence electrons. The summed E-state index contributed by atoms with van der Waals surface area (Å²) in [6.45, 7) is 0. The predicted molar refractivity (Wildman–Crippen MR) is 45.0 cm³/mol. The standard InChI is InChI=1S/C9H6FN2/c10-8-3-1-7(2-4-8)9-5-11-6-12-9/h1-6H. The van der Waals surface area contributed by atoms with Crippen LogP contribution < -0.4 is 5.32 Å². The molecule has 0 amide bonds. The molecule has 0 saturated carbocycles. The van der Waals surface area contributed by atoms with Gasteiger partial charge in [-0.15, -0.1) is 0 Å². The summed E-state index contributed by atoms with van der Waals surface area (Å²) in [5.41, 5.74) is 1.66. The van der Waals surface area contributed by atoms with Gasteiger partial charge in [-0.3, -0.25) is 0 Å². The molecule has 0 bridgehead atoms. The van der Waals surface area contributed by atoms with Crippen molar-refractivity contribution in [1.29, 1.82) is 0 Å². The summed E-state index contributed by atoms with van der Waals surface area (Å²) in [6, 6.07) is 6.17. The lowest BCUT2D eigenvalue weighted by molar-refractivity contribution is 0.627. The Morgan fingerprint density at radius 2 is 1.83 bits per heavy atom. The fourth-order valence-corrected chi connectivity index (χ4v) is 1.00. The smallest absolute Gasteiger partial charge is 0.123 e. The Kier molecular flexibility index (Phi) is 1.63. The summed E-state index contributed by atoms with van der Waals surface area (Å²) in [6.07, 6.45) is 3.12. The van der Waals surface area contributed by atoms with Crippen molar-refractivity contribution < 1.29 is 4.39 Å². The molecule has 1 heterocycles. The van der Waals surface area contributed by atoms with Crippen LogP contribution in [0.25, 0.3) is 5.70 Å². The number of rotatable bonds is 1. The van der Waals surface area contributed by atoms with E-state index in [0.29, 0.717) is 0 Å². The van der Waals surface area contributed by atoms with Crippen LogP contribution in [0.5, 0.6) is 0 Å². The molecule has 1 aromatic rings. The topological polar surface area (TPSA) is 26.5 Å². The van der Waals surface area contributed by atoms with Crippen molar-refractivity contribution in [3.8, 4) is 0 Å². The molecular formula is C9H6FN2. The van der Waals surface area contributed by atoms with Crippen LogP contribution in [0.4, 0.5) is 4.39 Å². The van der Waals surface area contributed by atoms with Crippen molar-refractivity contribution in [2.24, 2.45) is 4.99 Å². The third-order valence-electron chi connectivity index (χ3n) is 1.60. The van der Waals surface area contributed by atoms with E-state index in [0.717, 1.165) is 11.3 Å². The van der Waals surface area contributed by atoms with Gasteiger partial charge in [-0.2, -0.15) is 0 Å². The van der Waals surface area contributed by atoms with E-state index in [-0.39, 0.29) is 5.82 Å². The highest BCUT2D eigenvalue weighted by molar-refractivity contribution is 5.78. The normalized spacial score (nSPS) is 14.2. The Bertz CT molecular complexity index is 338. The van der Waals surface area contributed by atoms with Crippen LogP contribution in [-0.2, 0) is 0 Å². The Morgan fingerprint density at radius 1 is 1.08 bits per heavy atom. The first kappa shape index (κ1) is 7.03. The molecule has 1 aliphatic heterocycles. The van der Waals surface area contributed by atoms with Gasteiger partial charge in [0.25, 0.3) is 0 Å². The molecule has 0 aromatic heterocycles. The molecule has 1 aliphatic rings. The molecule has 0 N–H and O–H groups in total. The first-order valence-corrected chi connectivity index (χ1v) is 3.55. The number of hydrogen-bond acceptors (Lipinski definition) is 1. The summed E-state index contributed by atoms with van der Waals surface area (Å²) in [4.78, 5) is 3.98. The summed E-state index contributed by atoms with van der Waals surface area (Å²) >= 11 is 0. The second-order valence-corrected chi connectivity index (χ2v) is 2.41. The van der Waals surface area contributed by atoms with E-state index in [1.54, 1.807) is 18.3 Å². The van der Waals surface area contributed by atoms with Crippen molar-refractivity contribution in [3.63, 3.8) is 0 Å². The second kappa shape index (κ2) is 2.77. The van der Waals surface area contributed by atoms with Gasteiger partial charge >= 0.3 is 0 Å². The predicted octanol–water partition coefficient (Wildman–Crippen LogP) is 1.77. The van der Waals surface area contributed by atoms with E-state index in [4.69, 9.17) is 0 Å². The zero-order valence-electron chi connectivity index (χ0n) is 6.24. The largest absolute Gasteiger partial charge is 0.243 e. The molecule has 3 heteroatoms. The molecule has 12 heavy (non-hydrogen) atoms. The van der Waals surface area contributed by atoms with Crippen molar-refractivity contribution >= 4 is 12.0 Å². The van der Waals surface area contributed by atoms with Crippen molar-refractivity contribution in [2.75, 3.05) is 0 Å². The van der Waals surface area contributed by atoms with Gasteiger partial charge in [0.15, 0.2) is 0 Å². The zero-order valence-corrected chi connectivity index (χ0v) is 6.24. The number of nitrogens with zero attached hydrogens (tertiary/aromatic N) is 2. The van der Waals surface area contributed by atoms with Gasteiger partial charge in [0.05, 0.1) is 11.9 Å². The van der Waals surface area contributed by atoms with Crippen molar-refractivity contribution in [3.05, 3.63) is 41.8 Å². The van der Waals surface area contributed by atoms with E-state index in [1.807, 2.05) is 0 Å². The molecule has 0 saturated heterocycles. The average Bonchev–Trinajstić information content (AvgIpc) is 2.58. The van der Waals surface area contributed by atoms with Gasteiger partial charge in [0, 0.05) is 5.56 Å². The van der Waals surface area contributed by atoms with E-state index in [1.165, 1.54) is 18.5 Å². The molecular weight excluding hydrogens is 155 g/mol. The third-order valence-corrected chi connectivity index (χ3v) is 1.60. The molecule has 1 radical (unpaired) electrons. The lowest BCUT2D eigenvalue weighted by atomic mass is 10.2. The Labute approximate surface area is 69.4 Å². The quantitative estimate of drug-likeness (QED) is 0.600. The highest BCUT2D eigenvalue weighted by atomic mass is 19.1. The highest BCUT2D eigenvalue weighted by Gasteiger charge is 2.02. The fraction of sp³-hybridized carbons (Fsp3) is 0. The first-order chi connectivity index (χ1) is 5.86. The van der Waals surface area contributed by atoms with Crippen LogP contribution in [0.15, 0.2) is 35.5 Å². The number of hydrogen-bond donors (Lipinski definition) is 0. The Hall–Kier alpha value is -1.64. The lowest BCUT2D eigenvalue weighted by Crippen LogP contribution is -1.81. The second-order valence-electron chi connectivity index (χ2n) is 2.41. The summed E-state index contributed by atoms with van der Waals surface area (Å²) in [5.74, 6) is -0.238. The van der Waals surface area contributed by atoms with Crippen molar-refractivity contribution in [2.45, 2.75) is 0 Å². The molecule has 2 rings (SSSR count). The fourth-order valence-electron chi connectivity index (χ4n) is 1.00. The zero-order chi connectivity index (χ0) is 8.39. The lowest BCUT2D eigenvalue weighted by Gasteiger charge is -1.96. The highest BCUT2D eigenvalue weighted by Crippen LogP contribution is 2.16. The summed E-state index contributed by atoms with van der Waals surface area (Å²) in [7, 11) is 0. The van der Waals surface area contributed by atoms with Crippen LogP contribution in [0.3, 0.4) is 0 Å². The Balaban J connectivity index is 2.35.